The number of hydrogen-bond donors (Lipinski definition) is 1. The van der Waals surface area contributed by atoms with Crippen molar-refractivity contribution in [3.05, 3.63) is 35.9 Å². The third-order valence-corrected chi connectivity index (χ3v) is 2.89. The number of halogens is 3. The van der Waals surface area contributed by atoms with E-state index >= 15 is 0 Å². The van der Waals surface area contributed by atoms with E-state index in [1.807, 2.05) is 44.2 Å². The zero-order chi connectivity index (χ0) is 13.6. The average molecular weight is 259 g/mol. The summed E-state index contributed by atoms with van der Waals surface area (Å²) in [6.07, 6.45) is -3.17. The Kier molecular flexibility index (Phi) is 5.20. The van der Waals surface area contributed by atoms with E-state index in [0.29, 0.717) is 0 Å². The molecule has 1 aromatic rings. The molecule has 0 fully saturated rings. The first-order chi connectivity index (χ1) is 8.29. The van der Waals surface area contributed by atoms with Crippen LogP contribution in [0.3, 0.4) is 0 Å². The van der Waals surface area contributed by atoms with E-state index in [0.717, 1.165) is 12.8 Å². The Hall–Kier alpha value is -1.03. The molecular weight excluding hydrogens is 239 g/mol. The minimum absolute atomic E-state index is 0.0225. The van der Waals surface area contributed by atoms with Crippen LogP contribution < -0.4 is 5.32 Å². The SMILES string of the molecule is CC(C)(CCc1ccccc1)NCCC(F)(F)F. The van der Waals surface area contributed by atoms with Gasteiger partial charge in [0.25, 0.3) is 0 Å². The number of alkyl halides is 3. The number of rotatable bonds is 6. The molecule has 1 nitrogen and oxygen atoms in total. The van der Waals surface area contributed by atoms with Crippen molar-refractivity contribution < 1.29 is 13.2 Å². The quantitative estimate of drug-likeness (QED) is 0.816. The van der Waals surface area contributed by atoms with Crippen LogP contribution in [0.5, 0.6) is 0 Å². The van der Waals surface area contributed by atoms with Crippen LogP contribution >= 0.6 is 0 Å². The summed E-state index contributed by atoms with van der Waals surface area (Å²) in [6.45, 7) is 3.85. The van der Waals surface area contributed by atoms with E-state index in [1.54, 1.807) is 0 Å². The predicted molar refractivity (Wildman–Crippen MR) is 67.5 cm³/mol. The normalized spacial score (nSPS) is 12.7. The second-order valence-corrected chi connectivity index (χ2v) is 5.16. The largest absolute Gasteiger partial charge is 0.390 e. The number of aryl methyl sites for hydroxylation is 1. The fourth-order valence-electron chi connectivity index (χ4n) is 1.73. The maximum atomic E-state index is 12.0. The van der Waals surface area contributed by atoms with Crippen molar-refractivity contribution in [3.8, 4) is 0 Å². The van der Waals surface area contributed by atoms with Crippen molar-refractivity contribution >= 4 is 0 Å². The Bertz CT molecular complexity index is 344. The molecular formula is C14H20F3N. The molecule has 1 N–H and O–H groups in total. The third-order valence-electron chi connectivity index (χ3n) is 2.89. The van der Waals surface area contributed by atoms with E-state index in [4.69, 9.17) is 0 Å². The number of benzene rings is 1. The van der Waals surface area contributed by atoms with Crippen LogP contribution in [0.1, 0.15) is 32.3 Å². The Morgan fingerprint density at radius 1 is 1.00 bits per heavy atom. The fraction of sp³-hybridized carbons (Fsp3) is 0.571. The molecule has 0 amide bonds. The van der Waals surface area contributed by atoms with E-state index < -0.39 is 12.6 Å². The number of nitrogens with one attached hydrogen (secondary N) is 1. The van der Waals surface area contributed by atoms with Crippen molar-refractivity contribution in [3.63, 3.8) is 0 Å². The summed E-state index contributed by atoms with van der Waals surface area (Å²) in [6, 6.07) is 9.96. The first-order valence-electron chi connectivity index (χ1n) is 6.14. The summed E-state index contributed by atoms with van der Waals surface area (Å²) in [7, 11) is 0. The highest BCUT2D eigenvalue weighted by Crippen LogP contribution is 2.20. The first kappa shape index (κ1) is 15.0. The fourth-order valence-corrected chi connectivity index (χ4v) is 1.73. The summed E-state index contributed by atoms with van der Waals surface area (Å²) in [5.41, 5.74) is 0.935. The topological polar surface area (TPSA) is 12.0 Å². The monoisotopic (exact) mass is 259 g/mol. The molecule has 0 aliphatic carbocycles. The Balaban J connectivity index is 2.31. The summed E-state index contributed by atoms with van der Waals surface area (Å²) in [5, 5.41) is 2.97. The Morgan fingerprint density at radius 3 is 2.17 bits per heavy atom. The second-order valence-electron chi connectivity index (χ2n) is 5.16. The van der Waals surface area contributed by atoms with E-state index in [1.165, 1.54) is 5.56 Å². The molecule has 0 saturated carbocycles. The minimum Gasteiger partial charge on any atom is -0.311 e. The molecule has 1 aromatic carbocycles. The molecule has 0 bridgehead atoms. The molecule has 18 heavy (non-hydrogen) atoms. The van der Waals surface area contributed by atoms with Gasteiger partial charge >= 0.3 is 6.18 Å². The average Bonchev–Trinajstić information content (AvgIpc) is 2.26. The van der Waals surface area contributed by atoms with Gasteiger partial charge in [-0.25, -0.2) is 0 Å². The van der Waals surface area contributed by atoms with Crippen LogP contribution in [0, 0.1) is 0 Å². The standard InChI is InChI=1S/C14H20F3N/c1-13(2,18-11-10-14(15,16)17)9-8-12-6-4-3-5-7-12/h3-7,18H,8-11H2,1-2H3. The lowest BCUT2D eigenvalue weighted by molar-refractivity contribution is -0.134. The zero-order valence-electron chi connectivity index (χ0n) is 10.8. The van der Waals surface area contributed by atoms with E-state index in [2.05, 4.69) is 5.32 Å². The third kappa shape index (κ3) is 6.64. The van der Waals surface area contributed by atoms with Crippen molar-refractivity contribution in [1.82, 2.24) is 5.32 Å². The highest BCUT2D eigenvalue weighted by Gasteiger charge is 2.27. The molecule has 0 aromatic heterocycles. The van der Waals surface area contributed by atoms with Gasteiger partial charge in [0, 0.05) is 12.1 Å². The summed E-state index contributed by atoms with van der Waals surface area (Å²) in [4.78, 5) is 0. The lowest BCUT2D eigenvalue weighted by atomic mass is 9.95. The summed E-state index contributed by atoms with van der Waals surface area (Å²) >= 11 is 0. The van der Waals surface area contributed by atoms with Crippen LogP contribution in [0.25, 0.3) is 0 Å². The van der Waals surface area contributed by atoms with Gasteiger partial charge in [-0.05, 0) is 32.3 Å². The van der Waals surface area contributed by atoms with Crippen molar-refractivity contribution in [2.75, 3.05) is 6.54 Å². The maximum absolute atomic E-state index is 12.0. The highest BCUT2D eigenvalue weighted by atomic mass is 19.4. The second kappa shape index (κ2) is 6.23. The first-order valence-corrected chi connectivity index (χ1v) is 6.14. The van der Waals surface area contributed by atoms with Gasteiger partial charge in [-0.15, -0.1) is 0 Å². The van der Waals surface area contributed by atoms with Crippen molar-refractivity contribution in [2.45, 2.75) is 44.8 Å². The molecule has 0 saturated heterocycles. The molecule has 102 valence electrons. The molecule has 0 aliphatic rings. The molecule has 0 radical (unpaired) electrons. The Morgan fingerprint density at radius 2 is 1.61 bits per heavy atom. The van der Waals surface area contributed by atoms with Crippen LogP contribution in [0.4, 0.5) is 13.2 Å². The molecule has 1 rings (SSSR count). The molecule has 0 atom stereocenters. The molecule has 0 spiro atoms. The van der Waals surface area contributed by atoms with Gasteiger partial charge in [-0.3, -0.25) is 0 Å². The van der Waals surface area contributed by atoms with Crippen molar-refractivity contribution in [1.29, 1.82) is 0 Å². The molecule has 4 heteroatoms. The predicted octanol–water partition coefficient (Wildman–Crippen LogP) is 3.94. The van der Waals surface area contributed by atoms with E-state index in [-0.39, 0.29) is 12.1 Å². The van der Waals surface area contributed by atoms with Crippen LogP contribution in [-0.4, -0.2) is 18.3 Å². The Labute approximate surface area is 106 Å². The smallest absolute Gasteiger partial charge is 0.311 e. The van der Waals surface area contributed by atoms with Gasteiger partial charge in [0.1, 0.15) is 0 Å². The van der Waals surface area contributed by atoms with Gasteiger partial charge in [0.15, 0.2) is 0 Å². The van der Waals surface area contributed by atoms with Crippen LogP contribution in [-0.2, 0) is 6.42 Å². The van der Waals surface area contributed by atoms with Gasteiger partial charge < -0.3 is 5.32 Å². The minimum atomic E-state index is -4.08. The van der Waals surface area contributed by atoms with Gasteiger partial charge in [-0.2, -0.15) is 13.2 Å². The van der Waals surface area contributed by atoms with Gasteiger partial charge in [0.2, 0.25) is 0 Å². The molecule has 0 heterocycles. The summed E-state index contributed by atoms with van der Waals surface area (Å²) in [5.74, 6) is 0. The molecule has 0 unspecified atom stereocenters. The van der Waals surface area contributed by atoms with Gasteiger partial charge in [0.05, 0.1) is 6.42 Å². The maximum Gasteiger partial charge on any atom is 0.390 e. The van der Waals surface area contributed by atoms with E-state index in [9.17, 15) is 13.2 Å². The molecule has 0 aliphatic heterocycles. The lowest BCUT2D eigenvalue weighted by Crippen LogP contribution is -2.41. The summed E-state index contributed by atoms with van der Waals surface area (Å²) < 4.78 is 36.1. The number of hydrogen-bond acceptors (Lipinski definition) is 1. The van der Waals surface area contributed by atoms with Crippen LogP contribution in [0.2, 0.25) is 0 Å². The lowest BCUT2D eigenvalue weighted by Gasteiger charge is -2.26. The van der Waals surface area contributed by atoms with Crippen molar-refractivity contribution in [2.24, 2.45) is 0 Å². The highest BCUT2D eigenvalue weighted by molar-refractivity contribution is 5.15. The van der Waals surface area contributed by atoms with Gasteiger partial charge in [-0.1, -0.05) is 30.3 Å². The zero-order valence-corrected chi connectivity index (χ0v) is 10.8. The van der Waals surface area contributed by atoms with Crippen LogP contribution in [0.15, 0.2) is 30.3 Å².